The molecule has 0 radical (unpaired) electrons. The van der Waals surface area contributed by atoms with Crippen LogP contribution in [0, 0.1) is 12.8 Å². The fourth-order valence-corrected chi connectivity index (χ4v) is 2.02. The van der Waals surface area contributed by atoms with E-state index in [1.807, 2.05) is 6.92 Å². The van der Waals surface area contributed by atoms with Crippen molar-refractivity contribution in [3.8, 4) is 0 Å². The summed E-state index contributed by atoms with van der Waals surface area (Å²) in [7, 11) is 0. The van der Waals surface area contributed by atoms with Crippen LogP contribution >= 0.6 is 0 Å². The molecule has 0 aliphatic heterocycles. The van der Waals surface area contributed by atoms with Crippen molar-refractivity contribution < 1.29 is 9.90 Å². The second-order valence-corrected chi connectivity index (χ2v) is 4.86. The second-order valence-electron chi connectivity index (χ2n) is 4.86. The van der Waals surface area contributed by atoms with Gasteiger partial charge in [-0.05, 0) is 31.4 Å². The van der Waals surface area contributed by atoms with Gasteiger partial charge in [0.25, 0.3) is 5.56 Å². The van der Waals surface area contributed by atoms with E-state index in [-0.39, 0.29) is 5.56 Å². The molecule has 4 nitrogen and oxygen atoms in total. The number of carboxylic acid groups (broad SMARTS) is 1. The maximum Gasteiger partial charge on any atom is 0.341 e. The standard InChI is InChI=1S/C14H21NO3/c1-4-5-6-10(2)9-15-11(3)7-8-12(13(15)16)14(17)18/h7-8,10H,4-6,9H2,1-3H3,(H,17,18). The van der Waals surface area contributed by atoms with E-state index in [9.17, 15) is 9.59 Å². The molecule has 4 heteroatoms. The molecule has 0 spiro atoms. The lowest BCUT2D eigenvalue weighted by atomic mass is 10.0. The van der Waals surface area contributed by atoms with E-state index in [0.717, 1.165) is 25.0 Å². The van der Waals surface area contributed by atoms with Crippen LogP contribution in [0.3, 0.4) is 0 Å². The van der Waals surface area contributed by atoms with Gasteiger partial charge in [-0.25, -0.2) is 4.79 Å². The molecule has 0 fully saturated rings. The van der Waals surface area contributed by atoms with Crippen LogP contribution in [-0.4, -0.2) is 15.6 Å². The Kier molecular flexibility index (Phi) is 5.13. The zero-order chi connectivity index (χ0) is 13.7. The summed E-state index contributed by atoms with van der Waals surface area (Å²) in [5, 5.41) is 8.94. The van der Waals surface area contributed by atoms with Gasteiger partial charge in [0.1, 0.15) is 5.56 Å². The monoisotopic (exact) mass is 251 g/mol. The molecule has 0 saturated carbocycles. The molecule has 0 aliphatic rings. The minimum absolute atomic E-state index is 0.150. The number of unbranched alkanes of at least 4 members (excludes halogenated alkanes) is 1. The van der Waals surface area contributed by atoms with Gasteiger partial charge in [-0.3, -0.25) is 4.79 Å². The van der Waals surface area contributed by atoms with E-state index >= 15 is 0 Å². The second kappa shape index (κ2) is 6.38. The highest BCUT2D eigenvalue weighted by molar-refractivity contribution is 5.87. The fraction of sp³-hybridized carbons (Fsp3) is 0.571. The van der Waals surface area contributed by atoms with E-state index < -0.39 is 11.5 Å². The molecule has 1 aromatic rings. The molecular weight excluding hydrogens is 230 g/mol. The Morgan fingerprint density at radius 3 is 2.67 bits per heavy atom. The summed E-state index contributed by atoms with van der Waals surface area (Å²) in [5.41, 5.74) is 0.266. The van der Waals surface area contributed by atoms with E-state index in [1.165, 1.54) is 6.07 Å². The quantitative estimate of drug-likeness (QED) is 0.845. The van der Waals surface area contributed by atoms with Gasteiger partial charge in [0.2, 0.25) is 0 Å². The van der Waals surface area contributed by atoms with Crippen molar-refractivity contribution in [3.05, 3.63) is 33.7 Å². The van der Waals surface area contributed by atoms with Crippen LogP contribution in [0.2, 0.25) is 0 Å². The van der Waals surface area contributed by atoms with Crippen LogP contribution < -0.4 is 5.56 Å². The summed E-state index contributed by atoms with van der Waals surface area (Å²) in [4.78, 5) is 23.0. The molecule has 0 bridgehead atoms. The number of nitrogens with zero attached hydrogens (tertiary/aromatic N) is 1. The van der Waals surface area contributed by atoms with Gasteiger partial charge in [0.05, 0.1) is 0 Å². The number of hydrogen-bond acceptors (Lipinski definition) is 2. The fourth-order valence-electron chi connectivity index (χ4n) is 2.02. The van der Waals surface area contributed by atoms with Crippen LogP contribution in [0.1, 0.15) is 49.2 Å². The van der Waals surface area contributed by atoms with Crippen molar-refractivity contribution in [2.75, 3.05) is 0 Å². The summed E-state index contributed by atoms with van der Waals surface area (Å²) < 4.78 is 1.57. The number of aromatic nitrogens is 1. The SMILES string of the molecule is CCCCC(C)Cn1c(C)ccc(C(=O)O)c1=O. The molecule has 0 amide bonds. The molecule has 1 unspecified atom stereocenters. The first kappa shape index (κ1) is 14.5. The van der Waals surface area contributed by atoms with Crippen LogP contribution in [0.15, 0.2) is 16.9 Å². The number of aromatic carboxylic acids is 1. The first-order valence-electron chi connectivity index (χ1n) is 6.41. The Hall–Kier alpha value is -1.58. The molecule has 0 saturated heterocycles. The number of carboxylic acids is 1. The predicted octanol–water partition coefficient (Wildman–Crippen LogP) is 2.68. The lowest BCUT2D eigenvalue weighted by Gasteiger charge is -2.16. The molecule has 0 aromatic carbocycles. The molecule has 1 aromatic heterocycles. The lowest BCUT2D eigenvalue weighted by molar-refractivity contribution is 0.0694. The third-order valence-electron chi connectivity index (χ3n) is 3.17. The van der Waals surface area contributed by atoms with Crippen LogP contribution in [0.4, 0.5) is 0 Å². The zero-order valence-corrected chi connectivity index (χ0v) is 11.3. The van der Waals surface area contributed by atoms with Gasteiger partial charge < -0.3 is 9.67 Å². The number of hydrogen-bond donors (Lipinski definition) is 1. The normalized spacial score (nSPS) is 12.4. The van der Waals surface area contributed by atoms with Crippen molar-refractivity contribution in [2.24, 2.45) is 5.92 Å². The van der Waals surface area contributed by atoms with E-state index in [1.54, 1.807) is 10.6 Å². The highest BCUT2D eigenvalue weighted by Gasteiger charge is 2.13. The number of carbonyl (C=O) groups is 1. The Balaban J connectivity index is 2.98. The average molecular weight is 251 g/mol. The summed E-state index contributed by atoms with van der Waals surface area (Å²) in [6.07, 6.45) is 3.32. The molecule has 1 atom stereocenters. The van der Waals surface area contributed by atoms with Gasteiger partial charge in [-0.1, -0.05) is 26.7 Å². The molecule has 1 N–H and O–H groups in total. The molecule has 1 heterocycles. The van der Waals surface area contributed by atoms with Crippen molar-refractivity contribution in [1.82, 2.24) is 4.57 Å². The van der Waals surface area contributed by atoms with Crippen molar-refractivity contribution >= 4 is 5.97 Å². The third kappa shape index (κ3) is 3.45. The Morgan fingerprint density at radius 1 is 1.44 bits per heavy atom. The largest absolute Gasteiger partial charge is 0.477 e. The van der Waals surface area contributed by atoms with E-state index in [2.05, 4.69) is 13.8 Å². The highest BCUT2D eigenvalue weighted by atomic mass is 16.4. The summed E-state index contributed by atoms with van der Waals surface area (Å²) in [6.45, 7) is 6.65. The first-order valence-corrected chi connectivity index (χ1v) is 6.41. The molecule has 18 heavy (non-hydrogen) atoms. The average Bonchev–Trinajstić information content (AvgIpc) is 2.31. The molecule has 1 rings (SSSR count). The van der Waals surface area contributed by atoms with Gasteiger partial charge in [-0.2, -0.15) is 0 Å². The van der Waals surface area contributed by atoms with Crippen molar-refractivity contribution in [2.45, 2.75) is 46.6 Å². The van der Waals surface area contributed by atoms with Gasteiger partial charge >= 0.3 is 5.97 Å². The number of aryl methyl sites for hydroxylation is 1. The summed E-state index contributed by atoms with van der Waals surface area (Å²) >= 11 is 0. The number of rotatable bonds is 6. The Bertz CT molecular complexity index is 476. The van der Waals surface area contributed by atoms with Crippen molar-refractivity contribution in [3.63, 3.8) is 0 Å². The van der Waals surface area contributed by atoms with Crippen LogP contribution in [0.5, 0.6) is 0 Å². The first-order chi connectivity index (χ1) is 8.47. The minimum Gasteiger partial charge on any atom is -0.477 e. The zero-order valence-electron chi connectivity index (χ0n) is 11.3. The number of pyridine rings is 1. The van der Waals surface area contributed by atoms with Gasteiger partial charge in [0, 0.05) is 12.2 Å². The maximum atomic E-state index is 12.0. The molecular formula is C14H21NO3. The maximum absolute atomic E-state index is 12.0. The Morgan fingerprint density at radius 2 is 2.11 bits per heavy atom. The summed E-state index contributed by atoms with van der Waals surface area (Å²) in [5.74, 6) is -0.777. The molecule has 0 aliphatic carbocycles. The smallest absolute Gasteiger partial charge is 0.341 e. The minimum atomic E-state index is -1.16. The summed E-state index contributed by atoms with van der Waals surface area (Å²) in [6, 6.07) is 3.07. The Labute approximate surface area is 107 Å². The van der Waals surface area contributed by atoms with Crippen LogP contribution in [-0.2, 0) is 6.54 Å². The van der Waals surface area contributed by atoms with Crippen molar-refractivity contribution in [1.29, 1.82) is 0 Å². The lowest BCUT2D eigenvalue weighted by Crippen LogP contribution is -2.29. The highest BCUT2D eigenvalue weighted by Crippen LogP contribution is 2.11. The van der Waals surface area contributed by atoms with Crippen LogP contribution in [0.25, 0.3) is 0 Å². The van der Waals surface area contributed by atoms with Gasteiger partial charge in [0.15, 0.2) is 0 Å². The topological polar surface area (TPSA) is 59.3 Å². The van der Waals surface area contributed by atoms with E-state index in [0.29, 0.717) is 12.5 Å². The third-order valence-corrected chi connectivity index (χ3v) is 3.17. The van der Waals surface area contributed by atoms with E-state index in [4.69, 9.17) is 5.11 Å². The molecule has 100 valence electrons. The predicted molar refractivity (Wildman–Crippen MR) is 71.1 cm³/mol. The van der Waals surface area contributed by atoms with Gasteiger partial charge in [-0.15, -0.1) is 0 Å².